The zero-order valence-electron chi connectivity index (χ0n) is 13.5. The number of halogens is 3. The normalized spacial score (nSPS) is 9.65. The van der Waals surface area contributed by atoms with Crippen molar-refractivity contribution in [2.24, 2.45) is 0 Å². The number of nitrogens with zero attached hydrogens (tertiary/aromatic N) is 2. The van der Waals surface area contributed by atoms with E-state index < -0.39 is 40.0 Å². The van der Waals surface area contributed by atoms with Crippen molar-refractivity contribution in [1.29, 1.82) is 0 Å². The van der Waals surface area contributed by atoms with E-state index in [1.807, 2.05) is 0 Å². The number of hydrogen-bond acceptors (Lipinski definition) is 6. The number of amides is 3. The van der Waals surface area contributed by atoms with E-state index >= 15 is 0 Å². The molecule has 0 bridgehead atoms. The van der Waals surface area contributed by atoms with Gasteiger partial charge < -0.3 is 30.1 Å². The molecule has 0 unspecified atom stereocenters. The largest absolute Gasteiger partial charge is 1.00 e. The second kappa shape index (κ2) is 12.1. The molecular weight excluding hydrogens is 506 g/mol. The van der Waals surface area contributed by atoms with Gasteiger partial charge in [-0.15, -0.1) is 0 Å². The van der Waals surface area contributed by atoms with Gasteiger partial charge in [-0.25, -0.2) is 13.8 Å². The Hall–Kier alpha value is 1.29. The Morgan fingerprint density at radius 3 is 2.35 bits per heavy atom. The van der Waals surface area contributed by atoms with Gasteiger partial charge in [0.25, 0.3) is 5.91 Å². The maximum atomic E-state index is 14.5. The van der Waals surface area contributed by atoms with Crippen molar-refractivity contribution in [3.8, 4) is 0 Å². The smallest absolute Gasteiger partial charge is 0.717 e. The van der Waals surface area contributed by atoms with E-state index in [2.05, 4.69) is 46.2 Å². The standard InChI is InChI=1S/C13H8BrF2N3O3S2.2K/c14-5-1-7-9(17-4-5)3-8(15)6(11(7)16)2-10(20)19(13(22)24)18-12(21)23;;/h1,3-4H,2H2,(H,22,24)(H2,18,21,23);;/q;2*+1/p-2. The second-order valence-corrected chi connectivity index (χ2v) is 6.08. The minimum Gasteiger partial charge on any atom is -0.717 e. The van der Waals surface area contributed by atoms with E-state index in [0.29, 0.717) is 4.47 Å². The molecule has 0 aliphatic carbocycles. The van der Waals surface area contributed by atoms with E-state index in [0.717, 1.165) is 6.07 Å². The Balaban J connectivity index is 0.00000312. The molecule has 126 valence electrons. The first kappa shape index (κ1) is 27.3. The number of imide groups is 1. The average Bonchev–Trinajstić information content (AvgIpc) is 2.49. The van der Waals surface area contributed by atoms with Gasteiger partial charge in [-0.3, -0.25) is 20.0 Å². The topological polar surface area (TPSA) is 79.4 Å². The number of hydrogen-bond donors (Lipinski definition) is 1. The van der Waals surface area contributed by atoms with Crippen LogP contribution in [0, 0.1) is 11.6 Å². The van der Waals surface area contributed by atoms with Crippen molar-refractivity contribution in [2.45, 2.75) is 6.42 Å². The quantitative estimate of drug-likeness (QED) is 0.256. The van der Waals surface area contributed by atoms with Crippen molar-refractivity contribution in [2.75, 3.05) is 0 Å². The fourth-order valence-corrected chi connectivity index (χ4v) is 2.48. The van der Waals surface area contributed by atoms with Gasteiger partial charge in [-0.1, -0.05) is 0 Å². The van der Waals surface area contributed by atoms with Crippen LogP contribution >= 0.6 is 15.9 Å². The van der Waals surface area contributed by atoms with Gasteiger partial charge in [-0.2, -0.15) is 0 Å². The van der Waals surface area contributed by atoms with Gasteiger partial charge in [-0.05, 0) is 22.0 Å². The number of aromatic nitrogens is 1. The molecule has 26 heavy (non-hydrogen) atoms. The Bertz CT molecular complexity index is 876. The number of fused-ring (bicyclic) bond motifs is 1. The summed E-state index contributed by atoms with van der Waals surface area (Å²) in [6.45, 7) is 0. The van der Waals surface area contributed by atoms with E-state index in [1.165, 1.54) is 12.3 Å². The van der Waals surface area contributed by atoms with Crippen LogP contribution in [0.2, 0.25) is 0 Å². The molecule has 0 saturated carbocycles. The van der Waals surface area contributed by atoms with Gasteiger partial charge in [0.1, 0.15) is 22.1 Å². The molecule has 13 heteroatoms. The number of pyridine rings is 1. The molecule has 1 aromatic carbocycles. The molecule has 6 nitrogen and oxygen atoms in total. The van der Waals surface area contributed by atoms with Crippen molar-refractivity contribution in [3.05, 3.63) is 40.0 Å². The van der Waals surface area contributed by atoms with Gasteiger partial charge >= 0.3 is 103 Å². The van der Waals surface area contributed by atoms with Crippen molar-refractivity contribution in [3.63, 3.8) is 0 Å². The predicted molar refractivity (Wildman–Crippen MR) is 88.6 cm³/mol. The Morgan fingerprint density at radius 1 is 1.19 bits per heavy atom. The third kappa shape index (κ3) is 6.97. The average molecular weight is 512 g/mol. The third-order valence-electron chi connectivity index (χ3n) is 2.90. The molecule has 3 amide bonds. The summed E-state index contributed by atoms with van der Waals surface area (Å²) in [7, 11) is 0. The molecule has 1 N–H and O–H groups in total. The molecule has 1 aromatic heterocycles. The molecule has 0 aliphatic rings. The monoisotopic (exact) mass is 511 g/mol. The van der Waals surface area contributed by atoms with Crippen LogP contribution < -0.4 is 108 Å². The summed E-state index contributed by atoms with van der Waals surface area (Å²) in [6, 6.07) is 2.32. The summed E-state index contributed by atoms with van der Waals surface area (Å²) in [5.74, 6) is -3.16. The van der Waals surface area contributed by atoms with E-state index in [-0.39, 0.29) is 119 Å². The molecule has 2 rings (SSSR count). The predicted octanol–water partition coefficient (Wildman–Crippen LogP) is -3.51. The van der Waals surface area contributed by atoms with Crippen LogP contribution in [0.3, 0.4) is 0 Å². The van der Waals surface area contributed by atoms with Gasteiger partial charge in [0.2, 0.25) is 0 Å². The fourth-order valence-electron chi connectivity index (χ4n) is 1.91. The maximum Gasteiger partial charge on any atom is 1.00 e. The first-order valence-corrected chi connectivity index (χ1v) is 7.75. The number of carbonyl (C=O) groups excluding carboxylic acids is 3. The van der Waals surface area contributed by atoms with Crippen molar-refractivity contribution >= 4 is 68.5 Å². The first-order chi connectivity index (χ1) is 11.2. The molecule has 0 radical (unpaired) electrons. The summed E-state index contributed by atoms with van der Waals surface area (Å²) in [5.41, 5.74) is 1.19. The van der Waals surface area contributed by atoms with Crippen LogP contribution in [0.4, 0.5) is 18.4 Å². The van der Waals surface area contributed by atoms with Crippen LogP contribution in [0.1, 0.15) is 5.56 Å². The molecule has 0 fully saturated rings. The number of carbonyl (C=O) groups is 3. The Morgan fingerprint density at radius 2 is 1.81 bits per heavy atom. The van der Waals surface area contributed by atoms with Crippen LogP contribution in [0.15, 0.2) is 22.8 Å². The Labute approximate surface area is 251 Å². The second-order valence-electron chi connectivity index (χ2n) is 4.44. The number of benzene rings is 1. The summed E-state index contributed by atoms with van der Waals surface area (Å²) in [5, 5.41) is -2.29. The SMILES string of the molecule is O=C([S-])NN(C(=O)[S-])C(=O)Cc1c(F)cc2ncc(Br)cc2c1F.[K+].[K+]. The maximum absolute atomic E-state index is 14.5. The number of rotatable bonds is 2. The minimum absolute atomic E-state index is 0. The number of hydrazine groups is 1. The third-order valence-corrected chi connectivity index (χ3v) is 3.61. The first-order valence-electron chi connectivity index (χ1n) is 6.14. The summed E-state index contributed by atoms with van der Waals surface area (Å²) < 4.78 is 29.1. The molecule has 2 aromatic rings. The van der Waals surface area contributed by atoms with Gasteiger partial charge in [0.15, 0.2) is 0 Å². The van der Waals surface area contributed by atoms with Crippen LogP contribution in [-0.4, -0.2) is 26.4 Å². The van der Waals surface area contributed by atoms with Crippen LogP contribution in [-0.2, 0) is 36.5 Å². The number of nitrogens with one attached hydrogen (secondary N) is 1. The minimum atomic E-state index is -1.26. The molecule has 0 aliphatic heterocycles. The molecule has 0 spiro atoms. The summed E-state index contributed by atoms with van der Waals surface area (Å²) in [6.07, 6.45) is 0.515. The zero-order chi connectivity index (χ0) is 18.0. The van der Waals surface area contributed by atoms with Gasteiger partial charge in [0, 0.05) is 27.7 Å². The fraction of sp³-hybridized carbons (Fsp3) is 0.0769. The van der Waals surface area contributed by atoms with Gasteiger partial charge in [0.05, 0.1) is 11.9 Å². The summed E-state index contributed by atoms with van der Waals surface area (Å²) >= 11 is 11.6. The van der Waals surface area contributed by atoms with E-state index in [1.54, 1.807) is 5.43 Å². The molecule has 0 atom stereocenters. The van der Waals surface area contributed by atoms with E-state index in [9.17, 15) is 23.2 Å². The molecule has 1 heterocycles. The van der Waals surface area contributed by atoms with Crippen molar-refractivity contribution in [1.82, 2.24) is 15.4 Å². The molecular formula is C13H6BrF2K2N3O3S2. The zero-order valence-corrected chi connectivity index (χ0v) is 23.0. The molecule has 0 saturated heterocycles. The Kier molecular flexibility index (Phi) is 12.7. The van der Waals surface area contributed by atoms with Crippen LogP contribution in [0.5, 0.6) is 0 Å². The summed E-state index contributed by atoms with van der Waals surface area (Å²) in [4.78, 5) is 37.9. The van der Waals surface area contributed by atoms with Crippen molar-refractivity contribution < 1.29 is 126 Å². The van der Waals surface area contributed by atoms with Crippen LogP contribution in [0.25, 0.3) is 10.9 Å². The van der Waals surface area contributed by atoms with E-state index in [4.69, 9.17) is 0 Å².